The van der Waals surface area contributed by atoms with E-state index in [-0.39, 0.29) is 5.56 Å². The summed E-state index contributed by atoms with van der Waals surface area (Å²) in [5.41, 5.74) is 2.62. The lowest BCUT2D eigenvalue weighted by Gasteiger charge is -2.29. The van der Waals surface area contributed by atoms with Crippen molar-refractivity contribution in [1.29, 1.82) is 0 Å². The molecule has 1 atom stereocenters. The van der Waals surface area contributed by atoms with Gasteiger partial charge in [0, 0.05) is 34.3 Å². The second-order valence-corrected chi connectivity index (χ2v) is 9.82. The van der Waals surface area contributed by atoms with Crippen LogP contribution < -0.4 is 5.56 Å². The summed E-state index contributed by atoms with van der Waals surface area (Å²) >= 11 is 8.48. The molecule has 0 unspecified atom stereocenters. The van der Waals surface area contributed by atoms with Crippen LogP contribution in [-0.4, -0.2) is 24.2 Å². The Kier molecular flexibility index (Phi) is 5.79. The van der Waals surface area contributed by atoms with Crippen molar-refractivity contribution in [2.24, 2.45) is 14.1 Å². The summed E-state index contributed by atoms with van der Waals surface area (Å²) in [6.45, 7) is 0. The van der Waals surface area contributed by atoms with Crippen molar-refractivity contribution >= 4 is 45.2 Å². The van der Waals surface area contributed by atoms with E-state index < -0.39 is 5.60 Å². The highest BCUT2D eigenvalue weighted by atomic mass is 127. The first-order chi connectivity index (χ1) is 16.3. The van der Waals surface area contributed by atoms with Crippen LogP contribution >= 0.6 is 34.2 Å². The number of halogens is 2. The third-order valence-electron chi connectivity index (χ3n) is 6.04. The van der Waals surface area contributed by atoms with Gasteiger partial charge in [0.2, 0.25) is 0 Å². The summed E-state index contributed by atoms with van der Waals surface area (Å²) in [7, 11) is 3.54. The molecule has 5 aromatic rings. The Morgan fingerprint density at radius 1 is 1.03 bits per heavy atom. The number of rotatable bonds is 4. The second kappa shape index (κ2) is 8.65. The summed E-state index contributed by atoms with van der Waals surface area (Å²) in [6.07, 6.45) is 3.29. The summed E-state index contributed by atoms with van der Waals surface area (Å²) in [6, 6.07) is 20.1. The van der Waals surface area contributed by atoms with E-state index in [0.717, 1.165) is 9.13 Å². The molecule has 2 aromatic carbocycles. The molecular formula is C26H20ClIN4O2. The van der Waals surface area contributed by atoms with Gasteiger partial charge in [-0.2, -0.15) is 0 Å². The van der Waals surface area contributed by atoms with Gasteiger partial charge in [-0.25, -0.2) is 9.97 Å². The van der Waals surface area contributed by atoms with Gasteiger partial charge >= 0.3 is 0 Å². The normalized spacial score (nSPS) is 13.2. The summed E-state index contributed by atoms with van der Waals surface area (Å²) in [5, 5.41) is 12.8. The Labute approximate surface area is 214 Å². The maximum absolute atomic E-state index is 12.7. The molecule has 3 aromatic heterocycles. The third kappa shape index (κ3) is 3.73. The van der Waals surface area contributed by atoms with Crippen LogP contribution in [0.25, 0.3) is 22.2 Å². The minimum absolute atomic E-state index is 0.156. The van der Waals surface area contributed by atoms with Gasteiger partial charge in [-0.1, -0.05) is 35.9 Å². The predicted octanol–water partition coefficient (Wildman–Crippen LogP) is 4.88. The number of aryl methyl sites for hydroxylation is 2. The fraction of sp³-hybridized carbons (Fsp3) is 0.115. The van der Waals surface area contributed by atoms with Crippen LogP contribution in [0.5, 0.6) is 0 Å². The number of aliphatic hydroxyl groups is 1. The van der Waals surface area contributed by atoms with Crippen LogP contribution in [0.15, 0.2) is 84.0 Å². The molecular weight excluding hydrogens is 563 g/mol. The standard InChI is InChI=1S/C26H20ClIN4O2/c1-31-15-29-14-23(31)26(34,17-6-8-19(28)9-7-17)22-11-10-21-25(30-22)20(13-24(33)32(21)2)16-4-3-5-18(27)12-16/h3-15,34H,1-2H3/t26-/m1/s1. The lowest BCUT2D eigenvalue weighted by Crippen LogP contribution is -2.32. The van der Waals surface area contributed by atoms with Gasteiger partial charge < -0.3 is 14.2 Å². The largest absolute Gasteiger partial charge is 0.373 e. The number of pyridine rings is 2. The van der Waals surface area contributed by atoms with E-state index in [0.29, 0.717) is 38.6 Å². The van der Waals surface area contributed by atoms with Gasteiger partial charge in [-0.15, -0.1) is 0 Å². The van der Waals surface area contributed by atoms with Gasteiger partial charge in [-0.3, -0.25) is 4.79 Å². The third-order valence-corrected chi connectivity index (χ3v) is 7.00. The van der Waals surface area contributed by atoms with E-state index in [9.17, 15) is 9.90 Å². The lowest BCUT2D eigenvalue weighted by atomic mass is 9.86. The number of aromatic nitrogens is 4. The maximum atomic E-state index is 12.7. The minimum atomic E-state index is -1.57. The number of benzene rings is 2. The summed E-state index contributed by atoms with van der Waals surface area (Å²) < 4.78 is 4.38. The molecule has 6 nitrogen and oxygen atoms in total. The molecule has 170 valence electrons. The van der Waals surface area contributed by atoms with E-state index in [4.69, 9.17) is 16.6 Å². The highest BCUT2D eigenvalue weighted by Gasteiger charge is 2.38. The molecule has 0 aliphatic carbocycles. The van der Waals surface area contributed by atoms with Crippen molar-refractivity contribution in [3.8, 4) is 11.1 Å². The summed E-state index contributed by atoms with van der Waals surface area (Å²) in [4.78, 5) is 21.9. The van der Waals surface area contributed by atoms with E-state index in [1.165, 1.54) is 0 Å². The quantitative estimate of drug-likeness (QED) is 0.307. The van der Waals surface area contributed by atoms with E-state index >= 15 is 0 Å². The van der Waals surface area contributed by atoms with E-state index in [1.54, 1.807) is 53.0 Å². The molecule has 0 bridgehead atoms. The first-order valence-corrected chi connectivity index (χ1v) is 12.0. The zero-order valence-electron chi connectivity index (χ0n) is 18.4. The van der Waals surface area contributed by atoms with Gasteiger partial charge in [0.15, 0.2) is 5.60 Å². The number of imidazole rings is 1. The molecule has 34 heavy (non-hydrogen) atoms. The second-order valence-electron chi connectivity index (χ2n) is 8.14. The molecule has 0 radical (unpaired) electrons. The predicted molar refractivity (Wildman–Crippen MR) is 142 cm³/mol. The number of hydrogen-bond acceptors (Lipinski definition) is 4. The summed E-state index contributed by atoms with van der Waals surface area (Å²) in [5.74, 6) is 0. The van der Waals surface area contributed by atoms with Crippen LogP contribution in [0.2, 0.25) is 5.02 Å². The molecule has 8 heteroatoms. The molecule has 0 aliphatic rings. The molecule has 3 heterocycles. The van der Waals surface area contributed by atoms with E-state index in [2.05, 4.69) is 27.6 Å². The van der Waals surface area contributed by atoms with E-state index in [1.807, 2.05) is 49.5 Å². The Bertz CT molecular complexity index is 1590. The number of fused-ring (bicyclic) bond motifs is 1. The van der Waals surface area contributed by atoms with Crippen LogP contribution in [-0.2, 0) is 19.7 Å². The van der Waals surface area contributed by atoms with Crippen molar-refractivity contribution in [2.45, 2.75) is 5.60 Å². The molecule has 1 N–H and O–H groups in total. The number of hydrogen-bond donors (Lipinski definition) is 1. The Hall–Kier alpha value is -3.01. The smallest absolute Gasteiger partial charge is 0.251 e. The molecule has 0 saturated heterocycles. The van der Waals surface area contributed by atoms with Gasteiger partial charge in [-0.05, 0) is 70.1 Å². The average Bonchev–Trinajstić information content (AvgIpc) is 3.27. The SMILES string of the molecule is Cn1cncc1[C@@](O)(c1ccc(I)cc1)c1ccc2c(n1)c(-c1cccc(Cl)c1)cc(=O)n2C. The molecule has 0 fully saturated rings. The van der Waals surface area contributed by atoms with Crippen LogP contribution in [0.3, 0.4) is 0 Å². The number of nitrogens with zero attached hydrogens (tertiary/aromatic N) is 4. The Morgan fingerprint density at radius 2 is 1.79 bits per heavy atom. The molecule has 0 spiro atoms. The van der Waals surface area contributed by atoms with Crippen molar-refractivity contribution in [3.63, 3.8) is 0 Å². The maximum Gasteiger partial charge on any atom is 0.251 e. The monoisotopic (exact) mass is 582 g/mol. The molecule has 0 aliphatic heterocycles. The average molecular weight is 583 g/mol. The molecule has 0 amide bonds. The van der Waals surface area contributed by atoms with Gasteiger partial charge in [0.25, 0.3) is 5.56 Å². The first-order valence-electron chi connectivity index (χ1n) is 10.5. The minimum Gasteiger partial charge on any atom is -0.373 e. The van der Waals surface area contributed by atoms with Crippen molar-refractivity contribution in [1.82, 2.24) is 19.1 Å². The Morgan fingerprint density at radius 3 is 2.47 bits per heavy atom. The Balaban J connectivity index is 1.84. The zero-order chi connectivity index (χ0) is 24.0. The highest BCUT2D eigenvalue weighted by molar-refractivity contribution is 14.1. The molecule has 5 rings (SSSR count). The topological polar surface area (TPSA) is 72.9 Å². The van der Waals surface area contributed by atoms with Crippen LogP contribution in [0, 0.1) is 3.57 Å². The fourth-order valence-corrected chi connectivity index (χ4v) is 4.78. The van der Waals surface area contributed by atoms with Gasteiger partial charge in [0.05, 0.1) is 34.9 Å². The van der Waals surface area contributed by atoms with Gasteiger partial charge in [0.1, 0.15) is 0 Å². The highest BCUT2D eigenvalue weighted by Crippen LogP contribution is 2.37. The lowest BCUT2D eigenvalue weighted by molar-refractivity contribution is 0.113. The molecule has 0 saturated carbocycles. The van der Waals surface area contributed by atoms with Crippen LogP contribution in [0.4, 0.5) is 0 Å². The van der Waals surface area contributed by atoms with Crippen molar-refractivity contribution < 1.29 is 5.11 Å². The van der Waals surface area contributed by atoms with Crippen LogP contribution in [0.1, 0.15) is 17.0 Å². The van der Waals surface area contributed by atoms with Crippen molar-refractivity contribution in [2.75, 3.05) is 0 Å². The fourth-order valence-electron chi connectivity index (χ4n) is 4.23. The first kappa shape index (κ1) is 22.8. The zero-order valence-corrected chi connectivity index (χ0v) is 21.3. The van der Waals surface area contributed by atoms with Crippen molar-refractivity contribution in [3.05, 3.63) is 115 Å².